The monoisotopic (exact) mass is 251 g/mol. The molecule has 6 nitrogen and oxygen atoms in total. The van der Waals surface area contributed by atoms with E-state index < -0.39 is 17.9 Å². The summed E-state index contributed by atoms with van der Waals surface area (Å²) >= 11 is 0. The van der Waals surface area contributed by atoms with E-state index in [1.54, 1.807) is 0 Å². The Hall–Kier alpha value is -1.85. The van der Waals surface area contributed by atoms with Crippen molar-refractivity contribution in [3.8, 4) is 0 Å². The molecule has 0 unspecified atom stereocenters. The van der Waals surface area contributed by atoms with E-state index in [2.05, 4.69) is 10.5 Å². The lowest BCUT2D eigenvalue weighted by atomic mass is 9.98. The van der Waals surface area contributed by atoms with Gasteiger partial charge in [0.05, 0.1) is 6.20 Å². The molecule has 1 aliphatic carbocycles. The average molecular weight is 251 g/mol. The third-order valence-corrected chi connectivity index (χ3v) is 3.35. The molecule has 0 saturated heterocycles. The third-order valence-electron chi connectivity index (χ3n) is 3.35. The maximum Gasteiger partial charge on any atom is 0.290 e. The van der Waals surface area contributed by atoms with Gasteiger partial charge in [-0.3, -0.25) is 9.59 Å². The third kappa shape index (κ3) is 3.09. The fraction of sp³-hybridized carbons (Fsp3) is 0.583. The van der Waals surface area contributed by atoms with Gasteiger partial charge in [0.1, 0.15) is 6.04 Å². The minimum Gasteiger partial charge on any atom is -0.368 e. The molecular formula is C12H17N3O3. The van der Waals surface area contributed by atoms with Crippen molar-refractivity contribution in [3.63, 3.8) is 0 Å². The highest BCUT2D eigenvalue weighted by Gasteiger charge is 2.26. The molecule has 18 heavy (non-hydrogen) atoms. The van der Waals surface area contributed by atoms with Gasteiger partial charge in [-0.05, 0) is 12.3 Å². The van der Waals surface area contributed by atoms with Crippen molar-refractivity contribution < 1.29 is 14.1 Å². The van der Waals surface area contributed by atoms with Gasteiger partial charge in [-0.15, -0.1) is 0 Å². The van der Waals surface area contributed by atoms with Crippen LogP contribution in [0.25, 0.3) is 0 Å². The van der Waals surface area contributed by atoms with E-state index in [-0.39, 0.29) is 5.76 Å². The fourth-order valence-electron chi connectivity index (χ4n) is 2.39. The van der Waals surface area contributed by atoms with Crippen LogP contribution < -0.4 is 11.1 Å². The largest absolute Gasteiger partial charge is 0.368 e. The molecule has 2 rings (SSSR count). The molecule has 1 heterocycles. The first-order valence-electron chi connectivity index (χ1n) is 6.17. The lowest BCUT2D eigenvalue weighted by Gasteiger charge is -2.18. The van der Waals surface area contributed by atoms with Gasteiger partial charge in [-0.1, -0.05) is 30.8 Å². The normalized spacial score (nSPS) is 17.6. The van der Waals surface area contributed by atoms with Gasteiger partial charge < -0.3 is 15.6 Å². The van der Waals surface area contributed by atoms with Crippen molar-refractivity contribution in [1.29, 1.82) is 0 Å². The smallest absolute Gasteiger partial charge is 0.290 e. The standard InChI is InChI=1S/C12H17N3O3/c13-11(16)9(7-8-3-1-2-4-8)15-12(17)10-5-6-14-18-10/h5-6,8-9H,1-4,7H2,(H2,13,16)(H,15,17)/t9-/m0/s1. The number of carbonyl (C=O) groups excluding carboxylic acids is 2. The van der Waals surface area contributed by atoms with Gasteiger partial charge in [0.25, 0.3) is 5.91 Å². The van der Waals surface area contributed by atoms with Crippen molar-refractivity contribution >= 4 is 11.8 Å². The van der Waals surface area contributed by atoms with E-state index in [9.17, 15) is 9.59 Å². The molecule has 2 amide bonds. The predicted molar refractivity (Wildman–Crippen MR) is 63.5 cm³/mol. The second-order valence-electron chi connectivity index (χ2n) is 4.69. The van der Waals surface area contributed by atoms with E-state index in [0.29, 0.717) is 12.3 Å². The van der Waals surface area contributed by atoms with Gasteiger partial charge in [0.15, 0.2) is 0 Å². The summed E-state index contributed by atoms with van der Waals surface area (Å²) in [6, 6.07) is 0.814. The van der Waals surface area contributed by atoms with Gasteiger partial charge in [-0.2, -0.15) is 0 Å². The number of nitrogens with two attached hydrogens (primary N) is 1. The Labute approximate surface area is 105 Å². The number of nitrogens with zero attached hydrogens (tertiary/aromatic N) is 1. The molecule has 1 atom stereocenters. The summed E-state index contributed by atoms with van der Waals surface area (Å²) in [6.07, 6.45) is 6.56. The van der Waals surface area contributed by atoms with Crippen molar-refractivity contribution in [2.24, 2.45) is 11.7 Å². The number of primary amides is 1. The number of nitrogens with one attached hydrogen (secondary N) is 1. The lowest BCUT2D eigenvalue weighted by Crippen LogP contribution is -2.45. The molecular weight excluding hydrogens is 234 g/mol. The second kappa shape index (κ2) is 5.66. The van der Waals surface area contributed by atoms with Crippen LogP contribution in [-0.2, 0) is 4.79 Å². The number of rotatable bonds is 5. The topological polar surface area (TPSA) is 98.2 Å². The van der Waals surface area contributed by atoms with Crippen LogP contribution >= 0.6 is 0 Å². The number of aromatic nitrogens is 1. The minimum atomic E-state index is -0.634. The highest BCUT2D eigenvalue weighted by atomic mass is 16.5. The van der Waals surface area contributed by atoms with Crippen LogP contribution in [0.5, 0.6) is 0 Å². The molecule has 1 aliphatic rings. The fourth-order valence-corrected chi connectivity index (χ4v) is 2.39. The molecule has 0 bridgehead atoms. The molecule has 0 spiro atoms. The zero-order chi connectivity index (χ0) is 13.0. The quantitative estimate of drug-likeness (QED) is 0.810. The van der Waals surface area contributed by atoms with E-state index in [1.165, 1.54) is 25.1 Å². The Morgan fingerprint density at radius 2 is 2.22 bits per heavy atom. The van der Waals surface area contributed by atoms with Gasteiger partial charge >= 0.3 is 0 Å². The summed E-state index contributed by atoms with van der Waals surface area (Å²) in [5.41, 5.74) is 5.32. The number of amides is 2. The Bertz CT molecular complexity index is 410. The first kappa shape index (κ1) is 12.6. The summed E-state index contributed by atoms with van der Waals surface area (Å²) in [7, 11) is 0. The maximum absolute atomic E-state index is 11.7. The van der Waals surface area contributed by atoms with E-state index in [4.69, 9.17) is 10.3 Å². The average Bonchev–Trinajstić information content (AvgIpc) is 3.00. The summed E-state index contributed by atoms with van der Waals surface area (Å²) in [5, 5.41) is 6.05. The van der Waals surface area contributed by atoms with Crippen LogP contribution in [0.3, 0.4) is 0 Å². The maximum atomic E-state index is 11.7. The zero-order valence-electron chi connectivity index (χ0n) is 10.1. The van der Waals surface area contributed by atoms with Crippen LogP contribution in [0.15, 0.2) is 16.8 Å². The summed E-state index contributed by atoms with van der Waals surface area (Å²) in [6.45, 7) is 0. The molecule has 1 fully saturated rings. The van der Waals surface area contributed by atoms with E-state index in [0.717, 1.165) is 12.8 Å². The Morgan fingerprint density at radius 3 is 2.78 bits per heavy atom. The summed E-state index contributed by atoms with van der Waals surface area (Å²) < 4.78 is 4.73. The molecule has 1 aromatic rings. The lowest BCUT2D eigenvalue weighted by molar-refractivity contribution is -0.120. The van der Waals surface area contributed by atoms with Gasteiger partial charge in [0.2, 0.25) is 11.7 Å². The zero-order valence-corrected chi connectivity index (χ0v) is 10.1. The minimum absolute atomic E-state index is 0.0904. The molecule has 1 aromatic heterocycles. The Morgan fingerprint density at radius 1 is 1.50 bits per heavy atom. The van der Waals surface area contributed by atoms with Crippen LogP contribution in [0, 0.1) is 5.92 Å². The number of carbonyl (C=O) groups is 2. The van der Waals surface area contributed by atoms with E-state index in [1.807, 2.05) is 0 Å². The number of hydrogen-bond acceptors (Lipinski definition) is 4. The molecule has 98 valence electrons. The van der Waals surface area contributed by atoms with Crippen LogP contribution in [0.4, 0.5) is 0 Å². The molecule has 0 aromatic carbocycles. The second-order valence-corrected chi connectivity index (χ2v) is 4.69. The highest BCUT2D eigenvalue weighted by Crippen LogP contribution is 2.28. The summed E-state index contributed by atoms with van der Waals surface area (Å²) in [5.74, 6) is -0.394. The molecule has 3 N–H and O–H groups in total. The van der Waals surface area contributed by atoms with Crippen molar-refractivity contribution in [2.75, 3.05) is 0 Å². The van der Waals surface area contributed by atoms with Gasteiger partial charge in [-0.25, -0.2) is 0 Å². The Balaban J connectivity index is 1.93. The van der Waals surface area contributed by atoms with Crippen LogP contribution in [-0.4, -0.2) is 23.0 Å². The number of hydrogen-bond donors (Lipinski definition) is 2. The molecule has 1 saturated carbocycles. The first-order valence-corrected chi connectivity index (χ1v) is 6.17. The van der Waals surface area contributed by atoms with E-state index >= 15 is 0 Å². The Kier molecular flexibility index (Phi) is 3.96. The molecule has 0 aliphatic heterocycles. The van der Waals surface area contributed by atoms with Crippen molar-refractivity contribution in [3.05, 3.63) is 18.0 Å². The first-order chi connectivity index (χ1) is 8.66. The van der Waals surface area contributed by atoms with Crippen molar-refractivity contribution in [1.82, 2.24) is 10.5 Å². The van der Waals surface area contributed by atoms with Crippen LogP contribution in [0.2, 0.25) is 0 Å². The molecule has 0 radical (unpaired) electrons. The van der Waals surface area contributed by atoms with Crippen LogP contribution in [0.1, 0.15) is 42.7 Å². The molecule has 6 heteroatoms. The van der Waals surface area contributed by atoms with Crippen molar-refractivity contribution in [2.45, 2.75) is 38.1 Å². The SMILES string of the molecule is NC(=O)[C@H](CC1CCCC1)NC(=O)c1ccno1. The highest BCUT2D eigenvalue weighted by molar-refractivity contribution is 5.94. The van der Waals surface area contributed by atoms with Gasteiger partial charge in [0, 0.05) is 6.07 Å². The predicted octanol–water partition coefficient (Wildman–Crippen LogP) is 0.839. The summed E-state index contributed by atoms with van der Waals surface area (Å²) in [4.78, 5) is 23.1.